The number of nitrogens with two attached hydrogens (primary N) is 2. The standard InChI is InChI=1S/C21H26N4O/c1-14-8-9-15(2)17(10-14)18-12-25(11-16-6-4-3-5-7-16)13-19(18)20(26)24-21(22)23/h3-10,18-19H,11-13H2,1-2H3,(H4,22,23,24,26)/t18-,19?/m1/s1. The first-order chi connectivity index (χ1) is 12.4. The van der Waals surface area contributed by atoms with E-state index in [4.69, 9.17) is 11.5 Å². The van der Waals surface area contributed by atoms with E-state index in [1.165, 1.54) is 22.3 Å². The molecule has 2 aromatic carbocycles. The van der Waals surface area contributed by atoms with E-state index >= 15 is 0 Å². The third kappa shape index (κ3) is 4.11. The Morgan fingerprint density at radius 3 is 2.54 bits per heavy atom. The van der Waals surface area contributed by atoms with Gasteiger partial charge in [-0.15, -0.1) is 0 Å². The van der Waals surface area contributed by atoms with Crippen molar-refractivity contribution in [2.24, 2.45) is 22.4 Å². The van der Waals surface area contributed by atoms with Gasteiger partial charge in [-0.1, -0.05) is 54.1 Å². The minimum absolute atomic E-state index is 0.0919. The number of guanidine groups is 1. The van der Waals surface area contributed by atoms with Crippen LogP contribution >= 0.6 is 0 Å². The Balaban J connectivity index is 1.89. The highest BCUT2D eigenvalue weighted by Crippen LogP contribution is 2.36. The van der Waals surface area contributed by atoms with Crippen molar-refractivity contribution in [2.45, 2.75) is 26.3 Å². The second kappa shape index (κ2) is 7.70. The monoisotopic (exact) mass is 350 g/mol. The van der Waals surface area contributed by atoms with Crippen LogP contribution in [0.15, 0.2) is 53.5 Å². The van der Waals surface area contributed by atoms with E-state index < -0.39 is 0 Å². The maximum Gasteiger partial charge on any atom is 0.253 e. The third-order valence-electron chi connectivity index (χ3n) is 5.04. The summed E-state index contributed by atoms with van der Waals surface area (Å²) in [4.78, 5) is 18.8. The zero-order chi connectivity index (χ0) is 18.7. The van der Waals surface area contributed by atoms with Crippen LogP contribution in [-0.4, -0.2) is 29.9 Å². The SMILES string of the molecule is Cc1ccc(C)c([C@H]2CN(Cc3ccccc3)CC2C(=O)N=C(N)N)c1. The molecule has 2 aromatic rings. The number of rotatable bonds is 4. The highest BCUT2D eigenvalue weighted by molar-refractivity contribution is 5.93. The van der Waals surface area contributed by atoms with Crippen LogP contribution in [0.4, 0.5) is 0 Å². The summed E-state index contributed by atoms with van der Waals surface area (Å²) in [5.41, 5.74) is 15.7. The van der Waals surface area contributed by atoms with Gasteiger partial charge in [-0.2, -0.15) is 4.99 Å². The lowest BCUT2D eigenvalue weighted by Crippen LogP contribution is -2.28. The largest absolute Gasteiger partial charge is 0.370 e. The highest BCUT2D eigenvalue weighted by Gasteiger charge is 2.39. The van der Waals surface area contributed by atoms with Crippen LogP contribution in [0.5, 0.6) is 0 Å². The molecule has 3 rings (SSSR count). The summed E-state index contributed by atoms with van der Waals surface area (Å²) in [6, 6.07) is 16.7. The molecule has 1 fully saturated rings. The van der Waals surface area contributed by atoms with Crippen molar-refractivity contribution < 1.29 is 4.79 Å². The van der Waals surface area contributed by atoms with Crippen molar-refractivity contribution in [1.29, 1.82) is 0 Å². The fourth-order valence-electron chi connectivity index (χ4n) is 3.79. The first kappa shape index (κ1) is 18.1. The molecule has 0 radical (unpaired) electrons. The Kier molecular flexibility index (Phi) is 5.38. The van der Waals surface area contributed by atoms with E-state index in [0.717, 1.165) is 13.1 Å². The number of nitrogens with zero attached hydrogens (tertiary/aromatic N) is 2. The summed E-state index contributed by atoms with van der Waals surface area (Å²) >= 11 is 0. The molecule has 0 aromatic heterocycles. The number of hydrogen-bond donors (Lipinski definition) is 2. The van der Waals surface area contributed by atoms with Gasteiger partial charge in [0.25, 0.3) is 5.91 Å². The molecule has 1 heterocycles. The summed E-state index contributed by atoms with van der Waals surface area (Å²) in [6.07, 6.45) is 0. The van der Waals surface area contributed by atoms with Crippen LogP contribution < -0.4 is 11.5 Å². The Labute approximate surface area is 154 Å². The molecule has 1 saturated heterocycles. The topological polar surface area (TPSA) is 84.7 Å². The number of hydrogen-bond acceptors (Lipinski definition) is 2. The maximum absolute atomic E-state index is 12.7. The van der Waals surface area contributed by atoms with Crippen molar-refractivity contribution >= 4 is 11.9 Å². The maximum atomic E-state index is 12.7. The van der Waals surface area contributed by atoms with E-state index in [9.17, 15) is 4.79 Å². The quantitative estimate of drug-likeness (QED) is 0.655. The number of amides is 1. The molecule has 1 unspecified atom stereocenters. The molecule has 5 nitrogen and oxygen atoms in total. The van der Waals surface area contributed by atoms with Crippen molar-refractivity contribution in [3.63, 3.8) is 0 Å². The summed E-state index contributed by atoms with van der Waals surface area (Å²) < 4.78 is 0. The molecule has 0 aliphatic carbocycles. The molecule has 1 aliphatic rings. The van der Waals surface area contributed by atoms with Gasteiger partial charge in [0.1, 0.15) is 0 Å². The lowest BCUT2D eigenvalue weighted by molar-refractivity contribution is -0.121. The highest BCUT2D eigenvalue weighted by atomic mass is 16.1. The molecule has 4 N–H and O–H groups in total. The van der Waals surface area contributed by atoms with Crippen LogP contribution in [0.2, 0.25) is 0 Å². The minimum atomic E-state index is -0.235. The van der Waals surface area contributed by atoms with E-state index in [2.05, 4.69) is 54.1 Å². The van der Waals surface area contributed by atoms with Gasteiger partial charge < -0.3 is 11.5 Å². The molecular weight excluding hydrogens is 324 g/mol. The van der Waals surface area contributed by atoms with Crippen LogP contribution in [0, 0.1) is 19.8 Å². The third-order valence-corrected chi connectivity index (χ3v) is 5.04. The minimum Gasteiger partial charge on any atom is -0.370 e. The Morgan fingerprint density at radius 2 is 1.85 bits per heavy atom. The lowest BCUT2D eigenvalue weighted by Gasteiger charge is -2.19. The van der Waals surface area contributed by atoms with Crippen molar-refractivity contribution in [1.82, 2.24) is 4.90 Å². The molecule has 1 aliphatic heterocycles. The zero-order valence-corrected chi connectivity index (χ0v) is 15.4. The molecule has 136 valence electrons. The van der Waals surface area contributed by atoms with Gasteiger partial charge >= 0.3 is 0 Å². The molecule has 0 saturated carbocycles. The number of aliphatic imine (C=N–C) groups is 1. The molecule has 5 heteroatoms. The molecular formula is C21H26N4O. The molecule has 2 atom stereocenters. The van der Waals surface area contributed by atoms with Crippen LogP contribution in [0.25, 0.3) is 0 Å². The number of benzene rings is 2. The van der Waals surface area contributed by atoms with Gasteiger partial charge in [0.15, 0.2) is 5.96 Å². The summed E-state index contributed by atoms with van der Waals surface area (Å²) in [7, 11) is 0. The van der Waals surface area contributed by atoms with Gasteiger partial charge in [-0.25, -0.2) is 0 Å². The Bertz CT molecular complexity index is 812. The summed E-state index contributed by atoms with van der Waals surface area (Å²) in [5.74, 6) is -0.543. The average molecular weight is 350 g/mol. The van der Waals surface area contributed by atoms with Crippen LogP contribution in [0.1, 0.15) is 28.2 Å². The number of likely N-dealkylation sites (tertiary alicyclic amines) is 1. The van der Waals surface area contributed by atoms with Crippen molar-refractivity contribution in [3.8, 4) is 0 Å². The van der Waals surface area contributed by atoms with E-state index in [-0.39, 0.29) is 23.7 Å². The first-order valence-corrected chi connectivity index (χ1v) is 8.91. The molecule has 0 spiro atoms. The van der Waals surface area contributed by atoms with Gasteiger partial charge in [-0.05, 0) is 30.5 Å². The first-order valence-electron chi connectivity index (χ1n) is 8.91. The average Bonchev–Trinajstić information content (AvgIpc) is 3.01. The fraction of sp³-hybridized carbons (Fsp3) is 0.333. The van der Waals surface area contributed by atoms with Gasteiger partial charge in [0.2, 0.25) is 0 Å². The Morgan fingerprint density at radius 1 is 1.12 bits per heavy atom. The Hall–Kier alpha value is -2.66. The van der Waals surface area contributed by atoms with Gasteiger partial charge in [-0.3, -0.25) is 9.69 Å². The van der Waals surface area contributed by atoms with E-state index in [0.29, 0.717) is 6.54 Å². The number of carbonyl (C=O) groups excluding carboxylic acids is 1. The van der Waals surface area contributed by atoms with Crippen molar-refractivity contribution in [3.05, 3.63) is 70.8 Å². The van der Waals surface area contributed by atoms with E-state index in [1.807, 2.05) is 18.2 Å². The second-order valence-electron chi connectivity index (χ2n) is 7.13. The normalized spacial score (nSPS) is 20.1. The number of carbonyl (C=O) groups is 1. The second-order valence-corrected chi connectivity index (χ2v) is 7.13. The van der Waals surface area contributed by atoms with Gasteiger partial charge in [0.05, 0.1) is 5.92 Å². The smallest absolute Gasteiger partial charge is 0.253 e. The van der Waals surface area contributed by atoms with E-state index in [1.54, 1.807) is 0 Å². The van der Waals surface area contributed by atoms with Crippen molar-refractivity contribution in [2.75, 3.05) is 13.1 Å². The van der Waals surface area contributed by atoms with Gasteiger partial charge in [0, 0.05) is 25.6 Å². The zero-order valence-electron chi connectivity index (χ0n) is 15.4. The predicted molar refractivity (Wildman–Crippen MR) is 105 cm³/mol. The predicted octanol–water partition coefficient (Wildman–Crippen LogP) is 2.32. The van der Waals surface area contributed by atoms with Crippen LogP contribution in [0.3, 0.4) is 0 Å². The molecule has 26 heavy (non-hydrogen) atoms. The summed E-state index contributed by atoms with van der Waals surface area (Å²) in [6.45, 7) is 6.45. The molecule has 0 bridgehead atoms. The van der Waals surface area contributed by atoms with Crippen LogP contribution in [-0.2, 0) is 11.3 Å². The number of aryl methyl sites for hydroxylation is 2. The summed E-state index contributed by atoms with van der Waals surface area (Å²) in [5, 5.41) is 0. The lowest BCUT2D eigenvalue weighted by atomic mass is 9.85. The molecule has 1 amide bonds. The fourth-order valence-corrected chi connectivity index (χ4v) is 3.79.